The molecule has 0 aliphatic carbocycles. The molecule has 0 saturated carbocycles. The second-order valence-corrected chi connectivity index (χ2v) is 6.66. The molecule has 0 radical (unpaired) electrons. The fraction of sp³-hybridized carbons (Fsp3) is 0.250. The van der Waals surface area contributed by atoms with Crippen LogP contribution >= 0.6 is 0 Å². The summed E-state index contributed by atoms with van der Waals surface area (Å²) in [4.78, 5) is 21.3. The summed E-state index contributed by atoms with van der Waals surface area (Å²) in [5.74, 6) is 0.0403. The van der Waals surface area contributed by atoms with Crippen LogP contribution < -0.4 is 4.90 Å². The van der Waals surface area contributed by atoms with Crippen LogP contribution in [0.5, 0.6) is 0 Å². The minimum atomic E-state index is -0.182. The van der Waals surface area contributed by atoms with Crippen LogP contribution in [0.25, 0.3) is 11.4 Å². The second-order valence-electron chi connectivity index (χ2n) is 6.66. The summed E-state index contributed by atoms with van der Waals surface area (Å²) >= 11 is 0. The Balaban J connectivity index is 1.66. The highest BCUT2D eigenvalue weighted by atomic mass is 16.5. The van der Waals surface area contributed by atoms with Crippen LogP contribution in [0.1, 0.15) is 16.1 Å². The van der Waals surface area contributed by atoms with Crippen molar-refractivity contribution in [3.8, 4) is 11.4 Å². The molecule has 1 atom stereocenters. The van der Waals surface area contributed by atoms with E-state index in [-0.39, 0.29) is 17.7 Å². The van der Waals surface area contributed by atoms with E-state index in [0.29, 0.717) is 17.9 Å². The Kier molecular flexibility index (Phi) is 4.26. The van der Waals surface area contributed by atoms with Gasteiger partial charge in [0.1, 0.15) is 5.69 Å². The number of hydrogen-bond donors (Lipinski definition) is 0. The molecule has 4 rings (SSSR count). The molecule has 2 aromatic heterocycles. The molecule has 1 aromatic carbocycles. The predicted molar refractivity (Wildman–Crippen MR) is 99.0 cm³/mol. The van der Waals surface area contributed by atoms with Crippen LogP contribution in [0.15, 0.2) is 59.3 Å². The van der Waals surface area contributed by atoms with E-state index in [1.54, 1.807) is 17.2 Å². The molecule has 1 aliphatic heterocycles. The maximum atomic E-state index is 13.1. The summed E-state index contributed by atoms with van der Waals surface area (Å²) in [5, 5.41) is 4.02. The highest BCUT2D eigenvalue weighted by Gasteiger charge is 2.31. The van der Waals surface area contributed by atoms with Crippen molar-refractivity contribution in [3.05, 3.63) is 66.1 Å². The molecule has 1 aliphatic rings. The number of fused-ring (bicyclic) bond motifs is 1. The van der Waals surface area contributed by atoms with Gasteiger partial charge in [0, 0.05) is 30.5 Å². The Hall–Kier alpha value is -2.99. The number of carbonyl (C=O) groups excluding carboxylic acids is 1. The van der Waals surface area contributed by atoms with Crippen molar-refractivity contribution in [2.75, 3.05) is 25.5 Å². The zero-order chi connectivity index (χ0) is 18.1. The first-order valence-corrected chi connectivity index (χ1v) is 8.58. The lowest BCUT2D eigenvalue weighted by Gasteiger charge is -2.37. The van der Waals surface area contributed by atoms with E-state index in [9.17, 15) is 4.79 Å². The predicted octanol–water partition coefficient (Wildman–Crippen LogP) is 2.87. The maximum Gasteiger partial charge on any atom is 0.296 e. The smallest absolute Gasteiger partial charge is 0.296 e. The fourth-order valence-electron chi connectivity index (χ4n) is 3.26. The molecule has 0 saturated heterocycles. The Morgan fingerprint density at radius 3 is 2.73 bits per heavy atom. The summed E-state index contributed by atoms with van der Waals surface area (Å²) in [7, 11) is 4.07. The van der Waals surface area contributed by atoms with Gasteiger partial charge in [-0.25, -0.2) is 0 Å². The summed E-state index contributed by atoms with van der Waals surface area (Å²) < 4.78 is 5.35. The molecule has 1 amide bonds. The first-order valence-electron chi connectivity index (χ1n) is 8.58. The first kappa shape index (κ1) is 16.5. The van der Waals surface area contributed by atoms with Crippen LogP contribution in [-0.4, -0.2) is 47.6 Å². The van der Waals surface area contributed by atoms with Gasteiger partial charge in [-0.3, -0.25) is 9.78 Å². The Bertz CT molecular complexity index is 920. The lowest BCUT2D eigenvalue weighted by molar-refractivity contribution is 0.0940. The number of nitrogens with zero attached hydrogens (tertiary/aromatic N) is 4. The van der Waals surface area contributed by atoms with Crippen LogP contribution in [0.3, 0.4) is 0 Å². The van der Waals surface area contributed by atoms with Gasteiger partial charge in [0.25, 0.3) is 5.91 Å². The zero-order valence-corrected chi connectivity index (χ0v) is 14.8. The molecule has 6 heteroatoms. The third-order valence-electron chi connectivity index (χ3n) is 4.75. The van der Waals surface area contributed by atoms with Crippen LogP contribution in [0, 0.1) is 0 Å². The van der Waals surface area contributed by atoms with Crippen molar-refractivity contribution in [3.63, 3.8) is 0 Å². The first-order chi connectivity index (χ1) is 12.6. The third kappa shape index (κ3) is 2.99. The van der Waals surface area contributed by atoms with Crippen molar-refractivity contribution in [2.24, 2.45) is 0 Å². The second kappa shape index (κ2) is 6.72. The molecule has 3 heterocycles. The molecule has 6 nitrogen and oxygen atoms in total. The minimum Gasteiger partial charge on any atom is -0.350 e. The highest BCUT2D eigenvalue weighted by molar-refractivity contribution is 6.05. The number of pyridine rings is 1. The largest absolute Gasteiger partial charge is 0.350 e. The van der Waals surface area contributed by atoms with Gasteiger partial charge in [0.2, 0.25) is 5.76 Å². The van der Waals surface area contributed by atoms with Crippen molar-refractivity contribution in [1.29, 1.82) is 0 Å². The summed E-state index contributed by atoms with van der Waals surface area (Å²) in [5.41, 5.74) is 3.34. The van der Waals surface area contributed by atoms with E-state index in [1.165, 1.54) is 0 Å². The number of likely N-dealkylation sites (N-methyl/N-ethyl adjacent to an activating group) is 1. The van der Waals surface area contributed by atoms with Crippen LogP contribution in [0.2, 0.25) is 0 Å². The van der Waals surface area contributed by atoms with E-state index in [2.05, 4.69) is 21.1 Å². The maximum absolute atomic E-state index is 13.1. The highest BCUT2D eigenvalue weighted by Crippen LogP contribution is 2.30. The van der Waals surface area contributed by atoms with Crippen molar-refractivity contribution in [2.45, 2.75) is 12.5 Å². The number of rotatable bonds is 3. The molecule has 0 unspecified atom stereocenters. The van der Waals surface area contributed by atoms with Crippen molar-refractivity contribution in [1.82, 2.24) is 15.0 Å². The van der Waals surface area contributed by atoms with E-state index in [4.69, 9.17) is 4.52 Å². The SMILES string of the molecule is CN(C)[C@@H]1Cc2ccccc2N(C(=O)c2cc(-c3ccccn3)no2)C1. The lowest BCUT2D eigenvalue weighted by atomic mass is 9.97. The Morgan fingerprint density at radius 1 is 1.15 bits per heavy atom. The number of hydrogen-bond acceptors (Lipinski definition) is 5. The van der Waals surface area contributed by atoms with Gasteiger partial charge in [-0.2, -0.15) is 0 Å². The van der Waals surface area contributed by atoms with E-state index in [0.717, 1.165) is 17.7 Å². The topological polar surface area (TPSA) is 62.5 Å². The zero-order valence-electron chi connectivity index (χ0n) is 14.8. The average Bonchev–Trinajstić information content (AvgIpc) is 3.17. The quantitative estimate of drug-likeness (QED) is 0.728. The molecular weight excluding hydrogens is 328 g/mol. The number of para-hydroxylation sites is 1. The molecule has 26 heavy (non-hydrogen) atoms. The minimum absolute atomic E-state index is 0.182. The summed E-state index contributed by atoms with van der Waals surface area (Å²) in [6, 6.07) is 15.5. The monoisotopic (exact) mass is 348 g/mol. The van der Waals surface area contributed by atoms with Crippen LogP contribution in [0.4, 0.5) is 5.69 Å². The van der Waals surface area contributed by atoms with E-state index in [1.807, 2.05) is 50.5 Å². The van der Waals surface area contributed by atoms with Gasteiger partial charge in [0.05, 0.1) is 5.69 Å². The number of amides is 1. The summed E-state index contributed by atoms with van der Waals surface area (Å²) in [6.07, 6.45) is 2.61. The Morgan fingerprint density at radius 2 is 1.96 bits per heavy atom. The average molecular weight is 348 g/mol. The number of benzene rings is 1. The van der Waals surface area contributed by atoms with Gasteiger partial charge >= 0.3 is 0 Å². The van der Waals surface area contributed by atoms with E-state index >= 15 is 0 Å². The van der Waals surface area contributed by atoms with Gasteiger partial charge in [-0.05, 0) is 44.3 Å². The fourth-order valence-corrected chi connectivity index (χ4v) is 3.26. The van der Waals surface area contributed by atoms with Gasteiger partial charge in [-0.15, -0.1) is 0 Å². The van der Waals surface area contributed by atoms with Gasteiger partial charge in [0.15, 0.2) is 0 Å². The molecule has 0 bridgehead atoms. The molecule has 3 aromatic rings. The van der Waals surface area contributed by atoms with E-state index < -0.39 is 0 Å². The molecule has 0 N–H and O–H groups in total. The molecular formula is C20H20N4O2. The van der Waals surface area contributed by atoms with Crippen molar-refractivity contribution < 1.29 is 9.32 Å². The normalized spacial score (nSPS) is 16.6. The molecule has 132 valence electrons. The van der Waals surface area contributed by atoms with Crippen LogP contribution in [-0.2, 0) is 6.42 Å². The lowest BCUT2D eigenvalue weighted by Crippen LogP contribution is -2.48. The number of aromatic nitrogens is 2. The Labute approximate surface area is 152 Å². The standard InChI is InChI=1S/C20H20N4O2/c1-23(2)15-11-14-7-3-4-9-18(14)24(13-15)20(25)19-12-17(22-26-19)16-8-5-6-10-21-16/h3-10,12,15H,11,13H2,1-2H3/t15-/m1/s1. The third-order valence-corrected chi connectivity index (χ3v) is 4.75. The summed E-state index contributed by atoms with van der Waals surface area (Å²) in [6.45, 7) is 0.614. The molecule has 0 spiro atoms. The van der Waals surface area contributed by atoms with Crippen molar-refractivity contribution >= 4 is 11.6 Å². The molecule has 0 fully saturated rings. The van der Waals surface area contributed by atoms with Gasteiger partial charge < -0.3 is 14.3 Å². The van der Waals surface area contributed by atoms with Gasteiger partial charge in [-0.1, -0.05) is 29.4 Å². The number of anilines is 1. The number of carbonyl (C=O) groups is 1.